The second-order valence-electron chi connectivity index (χ2n) is 6.56. The molecule has 2 N–H and O–H groups in total. The van der Waals surface area contributed by atoms with E-state index < -0.39 is 5.97 Å². The van der Waals surface area contributed by atoms with E-state index in [1.165, 1.54) is 10.1 Å². The van der Waals surface area contributed by atoms with Gasteiger partial charge in [-0.15, -0.1) is 21.5 Å². The Hall–Kier alpha value is -2.42. The monoisotopic (exact) mass is 413 g/mol. The van der Waals surface area contributed by atoms with Gasteiger partial charge in [0.1, 0.15) is 11.5 Å². The molecule has 2 unspecified atom stereocenters. The number of rotatable bonds is 6. The average Bonchev–Trinajstić information content (AvgIpc) is 3.07. The van der Waals surface area contributed by atoms with Crippen molar-refractivity contribution in [1.29, 1.82) is 0 Å². The molecule has 1 aliphatic rings. The third kappa shape index (κ3) is 4.19. The van der Waals surface area contributed by atoms with Crippen molar-refractivity contribution in [2.45, 2.75) is 25.9 Å². The Bertz CT molecular complexity index is 1080. The van der Waals surface area contributed by atoms with Crippen LogP contribution in [-0.4, -0.2) is 39.7 Å². The number of carboxylic acid groups (broad SMARTS) is 1. The number of carboxylic acids is 1. The molecule has 2 atom stereocenters. The lowest BCUT2D eigenvalue weighted by Crippen LogP contribution is -2.11. The number of hydrogen-bond donors (Lipinski definition) is 2. The van der Waals surface area contributed by atoms with Gasteiger partial charge in [0.05, 0.1) is 16.8 Å². The minimum absolute atomic E-state index is 0.0335. The molecule has 3 aromatic rings. The first-order valence-electron chi connectivity index (χ1n) is 8.82. The summed E-state index contributed by atoms with van der Waals surface area (Å²) in [5.41, 5.74) is 1.75. The van der Waals surface area contributed by atoms with Crippen LogP contribution in [0.15, 0.2) is 56.4 Å². The number of nitrogens with zero attached hydrogens (tertiary/aromatic N) is 2. The van der Waals surface area contributed by atoms with Gasteiger partial charge in [-0.1, -0.05) is 11.8 Å². The highest BCUT2D eigenvalue weighted by atomic mass is 32.2. The number of furan rings is 1. The van der Waals surface area contributed by atoms with Crippen LogP contribution in [0.25, 0.3) is 21.4 Å². The lowest BCUT2D eigenvalue weighted by atomic mass is 10.1. The van der Waals surface area contributed by atoms with Gasteiger partial charge in [-0.05, 0) is 61.0 Å². The molecule has 6 nitrogen and oxygen atoms in total. The molecule has 0 amide bonds. The molecule has 1 fully saturated rings. The van der Waals surface area contributed by atoms with E-state index in [2.05, 4.69) is 52.1 Å². The van der Waals surface area contributed by atoms with E-state index in [0.717, 1.165) is 28.8 Å². The van der Waals surface area contributed by atoms with Crippen molar-refractivity contribution < 1.29 is 14.3 Å². The van der Waals surface area contributed by atoms with E-state index in [-0.39, 0.29) is 11.8 Å². The molecule has 1 saturated heterocycles. The first kappa shape index (κ1) is 18.9. The maximum atomic E-state index is 10.7. The Labute approximate surface area is 170 Å². The third-order valence-corrected chi connectivity index (χ3v) is 6.21. The molecule has 0 radical (unpaired) electrons. The van der Waals surface area contributed by atoms with Crippen LogP contribution in [0.4, 0.5) is 0 Å². The molecule has 0 saturated carbocycles. The fourth-order valence-corrected chi connectivity index (χ4v) is 4.08. The summed E-state index contributed by atoms with van der Waals surface area (Å²) in [4.78, 5) is 10.7. The van der Waals surface area contributed by atoms with Crippen molar-refractivity contribution in [3.63, 3.8) is 0 Å². The number of thiophene rings is 1. The predicted octanol–water partition coefficient (Wildman–Crippen LogP) is 4.46. The summed E-state index contributed by atoms with van der Waals surface area (Å²) >= 11 is 2.87. The smallest absolute Gasteiger partial charge is 0.313 e. The van der Waals surface area contributed by atoms with Crippen LogP contribution in [-0.2, 0) is 4.79 Å². The zero-order valence-electron chi connectivity index (χ0n) is 15.4. The van der Waals surface area contributed by atoms with E-state index >= 15 is 0 Å². The van der Waals surface area contributed by atoms with Crippen molar-refractivity contribution in [2.75, 3.05) is 5.75 Å². The van der Waals surface area contributed by atoms with Gasteiger partial charge in [-0.2, -0.15) is 0 Å². The van der Waals surface area contributed by atoms with E-state index in [4.69, 9.17) is 9.52 Å². The Kier molecular flexibility index (Phi) is 5.34. The molecule has 3 heterocycles. The second-order valence-corrected chi connectivity index (χ2v) is 8.67. The standard InChI is InChI=1S/C20H19N3O3S2/c1-11-19(21-11)20(23-22-12(2)28-10-18(24)25)16-5-4-15(26-16)13-3-6-17-14(9-13)7-8-27-17/h3-9,11,19,21H,10H2,1-2H3,(H,24,25). The summed E-state index contributed by atoms with van der Waals surface area (Å²) in [6, 6.07) is 12.6. The van der Waals surface area contributed by atoms with Crippen LogP contribution in [0.3, 0.4) is 0 Å². The average molecular weight is 414 g/mol. The van der Waals surface area contributed by atoms with Crippen LogP contribution < -0.4 is 5.32 Å². The summed E-state index contributed by atoms with van der Waals surface area (Å²) in [5.74, 6) is 0.542. The van der Waals surface area contributed by atoms with Gasteiger partial charge in [0, 0.05) is 16.3 Å². The van der Waals surface area contributed by atoms with Crippen molar-refractivity contribution in [3.8, 4) is 11.3 Å². The zero-order chi connectivity index (χ0) is 19.7. The number of aliphatic carboxylic acids is 1. The molecular formula is C20H19N3O3S2. The number of fused-ring (bicyclic) bond motifs is 1. The minimum Gasteiger partial charge on any atom is -0.481 e. The molecule has 0 bridgehead atoms. The van der Waals surface area contributed by atoms with Gasteiger partial charge < -0.3 is 14.8 Å². The van der Waals surface area contributed by atoms with E-state index in [0.29, 0.717) is 16.8 Å². The Balaban J connectivity index is 1.60. The summed E-state index contributed by atoms with van der Waals surface area (Å²) in [7, 11) is 0. The molecule has 8 heteroatoms. The number of thioether (sulfide) groups is 1. The fourth-order valence-electron chi connectivity index (χ4n) is 2.88. The van der Waals surface area contributed by atoms with E-state index in [1.54, 1.807) is 18.3 Å². The van der Waals surface area contributed by atoms with Crippen LogP contribution in [0.1, 0.15) is 19.6 Å². The highest BCUT2D eigenvalue weighted by Crippen LogP contribution is 2.30. The van der Waals surface area contributed by atoms with Gasteiger partial charge in [-0.25, -0.2) is 0 Å². The predicted molar refractivity (Wildman–Crippen MR) is 116 cm³/mol. The Morgan fingerprint density at radius 3 is 2.86 bits per heavy atom. The second kappa shape index (κ2) is 7.90. The Morgan fingerprint density at radius 1 is 1.29 bits per heavy atom. The first-order chi connectivity index (χ1) is 13.5. The van der Waals surface area contributed by atoms with Crippen molar-refractivity contribution >= 4 is 49.9 Å². The molecule has 1 aromatic carbocycles. The Morgan fingerprint density at radius 2 is 2.11 bits per heavy atom. The van der Waals surface area contributed by atoms with Crippen molar-refractivity contribution in [1.82, 2.24) is 5.32 Å². The van der Waals surface area contributed by atoms with Gasteiger partial charge in [-0.3, -0.25) is 4.79 Å². The molecule has 4 rings (SSSR count). The van der Waals surface area contributed by atoms with E-state index in [9.17, 15) is 4.79 Å². The van der Waals surface area contributed by atoms with E-state index in [1.807, 2.05) is 12.1 Å². The number of benzene rings is 1. The molecule has 1 aliphatic heterocycles. The SMILES string of the molecule is CC(=NN=C(c1ccc(-c2ccc3sccc3c2)o1)C1NC1C)SCC(=O)O. The molecule has 28 heavy (non-hydrogen) atoms. The van der Waals surface area contributed by atoms with Gasteiger partial charge >= 0.3 is 5.97 Å². The largest absolute Gasteiger partial charge is 0.481 e. The van der Waals surface area contributed by atoms with Gasteiger partial charge in [0.15, 0.2) is 5.76 Å². The molecular weight excluding hydrogens is 394 g/mol. The van der Waals surface area contributed by atoms with Crippen molar-refractivity contribution in [2.24, 2.45) is 10.2 Å². The third-order valence-electron chi connectivity index (χ3n) is 4.43. The maximum absolute atomic E-state index is 10.7. The van der Waals surface area contributed by atoms with Crippen LogP contribution in [0.5, 0.6) is 0 Å². The number of nitrogens with one attached hydrogen (secondary N) is 1. The number of carbonyl (C=O) groups is 1. The fraction of sp³-hybridized carbons (Fsp3) is 0.250. The number of hydrogen-bond acceptors (Lipinski definition) is 7. The molecule has 2 aromatic heterocycles. The van der Waals surface area contributed by atoms with Crippen LogP contribution in [0.2, 0.25) is 0 Å². The summed E-state index contributed by atoms with van der Waals surface area (Å²) in [6.07, 6.45) is 0. The molecule has 144 valence electrons. The molecule has 0 spiro atoms. The molecule has 0 aliphatic carbocycles. The summed E-state index contributed by atoms with van der Waals surface area (Å²) in [6.45, 7) is 3.83. The van der Waals surface area contributed by atoms with Gasteiger partial charge in [0.25, 0.3) is 0 Å². The van der Waals surface area contributed by atoms with Crippen molar-refractivity contribution in [3.05, 3.63) is 47.5 Å². The highest BCUT2D eigenvalue weighted by molar-refractivity contribution is 8.14. The minimum atomic E-state index is -0.875. The quantitative estimate of drug-likeness (QED) is 0.269. The summed E-state index contributed by atoms with van der Waals surface area (Å²) in [5, 5.41) is 24.5. The first-order valence-corrected chi connectivity index (χ1v) is 10.7. The normalized spacial score (nSPS) is 19.9. The maximum Gasteiger partial charge on any atom is 0.313 e. The zero-order valence-corrected chi connectivity index (χ0v) is 17.0. The highest BCUT2D eigenvalue weighted by Gasteiger charge is 2.38. The topological polar surface area (TPSA) is 97.1 Å². The van der Waals surface area contributed by atoms with Crippen LogP contribution in [0, 0.1) is 0 Å². The lowest BCUT2D eigenvalue weighted by Gasteiger charge is -2.01. The summed E-state index contributed by atoms with van der Waals surface area (Å²) < 4.78 is 7.35. The van der Waals surface area contributed by atoms with Crippen LogP contribution >= 0.6 is 23.1 Å². The van der Waals surface area contributed by atoms with Gasteiger partial charge in [0.2, 0.25) is 0 Å². The lowest BCUT2D eigenvalue weighted by molar-refractivity contribution is -0.133.